The van der Waals surface area contributed by atoms with Crippen LogP contribution in [0.3, 0.4) is 0 Å². The van der Waals surface area contributed by atoms with Crippen LogP contribution in [0.5, 0.6) is 0 Å². The van der Waals surface area contributed by atoms with Crippen molar-refractivity contribution in [3.05, 3.63) is 23.5 Å². The first-order valence-corrected chi connectivity index (χ1v) is 5.82. The fourth-order valence-corrected chi connectivity index (χ4v) is 2.67. The van der Waals surface area contributed by atoms with Gasteiger partial charge in [0.15, 0.2) is 0 Å². The smallest absolute Gasteiger partial charge is 0.129 e. The summed E-state index contributed by atoms with van der Waals surface area (Å²) in [6, 6.07) is 5.23. The Bertz CT molecular complexity index is 343. The number of aromatic nitrogens is 1. The number of hydrogen-bond donors (Lipinski definition) is 1. The highest BCUT2D eigenvalue weighted by atomic mass is 35.5. The molecular formula is C11H14ClN3. The summed E-state index contributed by atoms with van der Waals surface area (Å²) in [4.78, 5) is 6.59. The minimum atomic E-state index is 0.569. The van der Waals surface area contributed by atoms with E-state index in [4.69, 9.17) is 11.6 Å². The molecule has 3 fully saturated rings. The summed E-state index contributed by atoms with van der Waals surface area (Å²) in [5, 5.41) is 4.11. The maximum absolute atomic E-state index is 5.79. The SMILES string of the molecule is Clc1ccc(N2C[C@@H]3CC[C@H]2CN3)cn1. The van der Waals surface area contributed by atoms with Gasteiger partial charge in [0.05, 0.1) is 11.9 Å². The number of piperidine rings is 2. The summed E-state index contributed by atoms with van der Waals surface area (Å²) < 4.78 is 0. The summed E-state index contributed by atoms with van der Waals surface area (Å²) in [6.45, 7) is 2.21. The summed E-state index contributed by atoms with van der Waals surface area (Å²) in [6.07, 6.45) is 4.48. The van der Waals surface area contributed by atoms with Crippen molar-refractivity contribution < 1.29 is 0 Å². The van der Waals surface area contributed by atoms with Crippen LogP contribution in [0.1, 0.15) is 12.8 Å². The molecule has 80 valence electrons. The van der Waals surface area contributed by atoms with E-state index in [-0.39, 0.29) is 0 Å². The van der Waals surface area contributed by atoms with Gasteiger partial charge in [-0.3, -0.25) is 0 Å². The quantitative estimate of drug-likeness (QED) is 0.735. The number of nitrogens with zero attached hydrogens (tertiary/aromatic N) is 2. The van der Waals surface area contributed by atoms with Gasteiger partial charge in [-0.15, -0.1) is 0 Å². The number of anilines is 1. The molecule has 0 saturated carbocycles. The van der Waals surface area contributed by atoms with Gasteiger partial charge in [-0.25, -0.2) is 4.98 Å². The Balaban J connectivity index is 1.85. The summed E-state index contributed by atoms with van der Waals surface area (Å²) in [7, 11) is 0. The number of piperazine rings is 1. The first-order chi connectivity index (χ1) is 7.33. The van der Waals surface area contributed by atoms with Crippen molar-refractivity contribution in [2.24, 2.45) is 0 Å². The van der Waals surface area contributed by atoms with Crippen molar-refractivity contribution in [3.63, 3.8) is 0 Å². The van der Waals surface area contributed by atoms with Crippen molar-refractivity contribution in [1.29, 1.82) is 0 Å². The molecule has 0 spiro atoms. The van der Waals surface area contributed by atoms with Crippen LogP contribution in [0.2, 0.25) is 5.15 Å². The van der Waals surface area contributed by atoms with E-state index in [0.717, 1.165) is 13.1 Å². The number of hydrogen-bond acceptors (Lipinski definition) is 3. The second-order valence-electron chi connectivity index (χ2n) is 4.33. The Morgan fingerprint density at radius 3 is 2.87 bits per heavy atom. The largest absolute Gasteiger partial charge is 0.364 e. The van der Waals surface area contributed by atoms with Crippen molar-refractivity contribution >= 4 is 17.3 Å². The van der Waals surface area contributed by atoms with Gasteiger partial charge in [-0.05, 0) is 25.0 Å². The first kappa shape index (κ1) is 9.43. The molecule has 1 N–H and O–H groups in total. The molecule has 1 aromatic heterocycles. The molecule has 0 amide bonds. The van der Waals surface area contributed by atoms with E-state index < -0.39 is 0 Å². The molecule has 3 aliphatic rings. The van der Waals surface area contributed by atoms with Crippen LogP contribution >= 0.6 is 11.6 Å². The third-order valence-electron chi connectivity index (χ3n) is 3.39. The zero-order valence-electron chi connectivity index (χ0n) is 8.49. The highest BCUT2D eigenvalue weighted by Gasteiger charge is 2.33. The molecular weight excluding hydrogens is 210 g/mol. The fraction of sp³-hybridized carbons (Fsp3) is 0.545. The molecule has 0 aromatic carbocycles. The van der Waals surface area contributed by atoms with Crippen molar-refractivity contribution in [3.8, 4) is 0 Å². The molecule has 4 heteroatoms. The van der Waals surface area contributed by atoms with Crippen LogP contribution in [0.25, 0.3) is 0 Å². The average molecular weight is 224 g/mol. The van der Waals surface area contributed by atoms with Crippen LogP contribution in [0.15, 0.2) is 18.3 Å². The zero-order chi connectivity index (χ0) is 10.3. The number of nitrogens with one attached hydrogen (secondary N) is 1. The van der Waals surface area contributed by atoms with Gasteiger partial charge in [-0.2, -0.15) is 0 Å². The Labute approximate surface area is 94.4 Å². The predicted octanol–water partition coefficient (Wildman–Crippen LogP) is 1.68. The van der Waals surface area contributed by atoms with E-state index in [1.54, 1.807) is 0 Å². The monoisotopic (exact) mass is 223 g/mol. The molecule has 4 rings (SSSR count). The highest BCUT2D eigenvalue weighted by molar-refractivity contribution is 6.29. The second kappa shape index (κ2) is 3.65. The van der Waals surface area contributed by atoms with Gasteiger partial charge >= 0.3 is 0 Å². The molecule has 4 heterocycles. The summed E-state index contributed by atoms with van der Waals surface area (Å²) in [5.74, 6) is 0. The third-order valence-corrected chi connectivity index (χ3v) is 3.62. The molecule has 2 atom stereocenters. The van der Waals surface area contributed by atoms with Crippen LogP contribution in [0, 0.1) is 0 Å². The lowest BCUT2D eigenvalue weighted by Gasteiger charge is -2.47. The molecule has 0 radical (unpaired) electrons. The van der Waals surface area contributed by atoms with Gasteiger partial charge in [0.2, 0.25) is 0 Å². The average Bonchev–Trinajstić information content (AvgIpc) is 2.31. The maximum atomic E-state index is 5.79. The minimum absolute atomic E-state index is 0.569. The van der Waals surface area contributed by atoms with Gasteiger partial charge in [0.1, 0.15) is 5.15 Å². The van der Waals surface area contributed by atoms with E-state index in [0.29, 0.717) is 17.2 Å². The normalized spacial score (nSPS) is 29.5. The topological polar surface area (TPSA) is 28.2 Å². The molecule has 15 heavy (non-hydrogen) atoms. The lowest BCUT2D eigenvalue weighted by molar-refractivity contribution is 0.290. The standard InChI is InChI=1S/C11H14ClN3/c12-11-4-3-10(6-14-11)15-7-8-1-2-9(15)5-13-8/h3-4,6,8-9,13H,1-2,5,7H2/t8-,9-/m0/s1. The van der Waals surface area contributed by atoms with E-state index in [9.17, 15) is 0 Å². The summed E-state index contributed by atoms with van der Waals surface area (Å²) >= 11 is 5.79. The Hall–Kier alpha value is -0.800. The molecule has 3 aliphatic heterocycles. The molecule has 1 aromatic rings. The lowest BCUT2D eigenvalue weighted by Crippen LogP contribution is -2.61. The third kappa shape index (κ3) is 1.70. The molecule has 0 unspecified atom stereocenters. The van der Waals surface area contributed by atoms with Gasteiger partial charge in [-0.1, -0.05) is 11.6 Å². The number of halogens is 1. The van der Waals surface area contributed by atoms with Gasteiger partial charge in [0.25, 0.3) is 0 Å². The Morgan fingerprint density at radius 1 is 1.40 bits per heavy atom. The van der Waals surface area contributed by atoms with Gasteiger partial charge in [0, 0.05) is 25.2 Å². The molecule has 3 saturated heterocycles. The highest BCUT2D eigenvalue weighted by Crippen LogP contribution is 2.27. The predicted molar refractivity (Wildman–Crippen MR) is 61.4 cm³/mol. The number of rotatable bonds is 1. The van der Waals surface area contributed by atoms with E-state index in [1.807, 2.05) is 12.3 Å². The van der Waals surface area contributed by atoms with Crippen LogP contribution < -0.4 is 10.2 Å². The number of pyridine rings is 1. The molecule has 3 nitrogen and oxygen atoms in total. The maximum Gasteiger partial charge on any atom is 0.129 e. The van der Waals surface area contributed by atoms with E-state index in [1.165, 1.54) is 18.5 Å². The Kier molecular flexibility index (Phi) is 2.29. The van der Waals surface area contributed by atoms with Crippen LogP contribution in [-0.4, -0.2) is 30.2 Å². The summed E-state index contributed by atoms with van der Waals surface area (Å²) in [5.41, 5.74) is 1.20. The number of fused-ring (bicyclic) bond motifs is 3. The van der Waals surface area contributed by atoms with Crippen molar-refractivity contribution in [1.82, 2.24) is 10.3 Å². The van der Waals surface area contributed by atoms with E-state index >= 15 is 0 Å². The first-order valence-electron chi connectivity index (χ1n) is 5.44. The molecule has 0 aliphatic carbocycles. The van der Waals surface area contributed by atoms with E-state index in [2.05, 4.69) is 21.3 Å². The van der Waals surface area contributed by atoms with Crippen molar-refractivity contribution in [2.45, 2.75) is 24.9 Å². The fourth-order valence-electron chi connectivity index (χ4n) is 2.56. The Morgan fingerprint density at radius 2 is 2.33 bits per heavy atom. The molecule has 2 bridgehead atoms. The van der Waals surface area contributed by atoms with Gasteiger partial charge < -0.3 is 10.2 Å². The van der Waals surface area contributed by atoms with Crippen molar-refractivity contribution in [2.75, 3.05) is 18.0 Å². The van der Waals surface area contributed by atoms with Crippen LogP contribution in [-0.2, 0) is 0 Å². The minimum Gasteiger partial charge on any atom is -0.364 e. The zero-order valence-corrected chi connectivity index (χ0v) is 9.24. The van der Waals surface area contributed by atoms with Crippen LogP contribution in [0.4, 0.5) is 5.69 Å². The lowest BCUT2D eigenvalue weighted by atomic mass is 9.93. The second-order valence-corrected chi connectivity index (χ2v) is 4.72.